The molecule has 6 heteroatoms. The Labute approximate surface area is 170 Å². The number of carboxylic acids is 1. The standard InChI is InChI=1S/C23H26N4O2/c1-17-10-20(23(28)29)14-26(12-17)15-21-16-27(13-18-6-3-2-4-7-18)25-22(21)19-8-5-9-24-11-19/h2-9,11,16-17,20H,10,12-15H2,1H3,(H,28,29). The van der Waals surface area contributed by atoms with Crippen LogP contribution in [0.15, 0.2) is 61.1 Å². The average molecular weight is 390 g/mol. The monoisotopic (exact) mass is 390 g/mol. The third-order valence-corrected chi connectivity index (χ3v) is 5.44. The summed E-state index contributed by atoms with van der Waals surface area (Å²) in [5.74, 6) is -0.639. The van der Waals surface area contributed by atoms with Crippen molar-refractivity contribution in [2.75, 3.05) is 13.1 Å². The average Bonchev–Trinajstić information content (AvgIpc) is 3.11. The van der Waals surface area contributed by atoms with E-state index in [0.29, 0.717) is 25.6 Å². The molecule has 0 radical (unpaired) electrons. The number of hydrogen-bond donors (Lipinski definition) is 1. The van der Waals surface area contributed by atoms with Gasteiger partial charge >= 0.3 is 5.97 Å². The fourth-order valence-corrected chi connectivity index (χ4v) is 4.19. The molecule has 29 heavy (non-hydrogen) atoms. The van der Waals surface area contributed by atoms with E-state index in [0.717, 1.165) is 29.8 Å². The molecule has 1 saturated heterocycles. The number of aliphatic carboxylic acids is 1. The maximum atomic E-state index is 11.5. The number of nitrogens with zero attached hydrogens (tertiary/aromatic N) is 4. The van der Waals surface area contributed by atoms with Crippen LogP contribution in [0, 0.1) is 11.8 Å². The molecule has 4 rings (SSSR count). The number of pyridine rings is 1. The molecule has 150 valence electrons. The van der Waals surface area contributed by atoms with Crippen molar-refractivity contribution in [3.63, 3.8) is 0 Å². The minimum atomic E-state index is -0.700. The summed E-state index contributed by atoms with van der Waals surface area (Å²) in [4.78, 5) is 18.0. The van der Waals surface area contributed by atoms with Gasteiger partial charge in [0.05, 0.1) is 18.2 Å². The highest BCUT2D eigenvalue weighted by molar-refractivity contribution is 5.70. The topological polar surface area (TPSA) is 71.2 Å². The van der Waals surface area contributed by atoms with Crippen molar-refractivity contribution in [2.45, 2.75) is 26.4 Å². The first-order chi connectivity index (χ1) is 14.1. The van der Waals surface area contributed by atoms with Crippen molar-refractivity contribution in [2.24, 2.45) is 11.8 Å². The lowest BCUT2D eigenvalue weighted by Crippen LogP contribution is -2.41. The van der Waals surface area contributed by atoms with Gasteiger partial charge in [0.25, 0.3) is 0 Å². The van der Waals surface area contributed by atoms with E-state index in [1.165, 1.54) is 5.56 Å². The summed E-state index contributed by atoms with van der Waals surface area (Å²) < 4.78 is 1.97. The Balaban J connectivity index is 1.61. The Morgan fingerprint density at radius 1 is 1.14 bits per heavy atom. The predicted molar refractivity (Wildman–Crippen MR) is 111 cm³/mol. The van der Waals surface area contributed by atoms with Gasteiger partial charge in [0.2, 0.25) is 0 Å². The van der Waals surface area contributed by atoms with E-state index in [1.807, 2.05) is 41.2 Å². The maximum Gasteiger partial charge on any atom is 0.307 e. The van der Waals surface area contributed by atoms with E-state index in [1.54, 1.807) is 6.20 Å². The van der Waals surface area contributed by atoms with Gasteiger partial charge in [-0.1, -0.05) is 37.3 Å². The second kappa shape index (κ2) is 8.57. The van der Waals surface area contributed by atoms with Gasteiger partial charge in [-0.25, -0.2) is 0 Å². The van der Waals surface area contributed by atoms with Crippen LogP contribution in [0.2, 0.25) is 0 Å². The zero-order valence-corrected chi connectivity index (χ0v) is 16.6. The fourth-order valence-electron chi connectivity index (χ4n) is 4.19. The minimum Gasteiger partial charge on any atom is -0.481 e. The number of carboxylic acid groups (broad SMARTS) is 1. The van der Waals surface area contributed by atoms with Gasteiger partial charge in [-0.3, -0.25) is 19.4 Å². The van der Waals surface area contributed by atoms with Crippen LogP contribution in [-0.2, 0) is 17.9 Å². The Hall–Kier alpha value is -2.99. The molecule has 3 aromatic rings. The Kier molecular flexibility index (Phi) is 5.71. The summed E-state index contributed by atoms with van der Waals surface area (Å²) in [5.41, 5.74) is 4.19. The number of hydrogen-bond acceptors (Lipinski definition) is 4. The molecule has 2 aromatic heterocycles. The number of piperidine rings is 1. The molecule has 2 atom stereocenters. The van der Waals surface area contributed by atoms with E-state index in [-0.39, 0.29) is 5.92 Å². The Morgan fingerprint density at radius 3 is 2.69 bits per heavy atom. The number of likely N-dealkylation sites (tertiary alicyclic amines) is 1. The van der Waals surface area contributed by atoms with Gasteiger partial charge in [0, 0.05) is 49.4 Å². The molecule has 0 saturated carbocycles. The molecule has 0 amide bonds. The maximum absolute atomic E-state index is 11.5. The van der Waals surface area contributed by atoms with E-state index < -0.39 is 5.97 Å². The quantitative estimate of drug-likeness (QED) is 0.697. The molecule has 0 bridgehead atoms. The molecule has 1 aliphatic rings. The molecular weight excluding hydrogens is 364 g/mol. The van der Waals surface area contributed by atoms with Crippen LogP contribution in [0.3, 0.4) is 0 Å². The van der Waals surface area contributed by atoms with Crippen LogP contribution in [0.5, 0.6) is 0 Å². The lowest BCUT2D eigenvalue weighted by Gasteiger charge is -2.34. The summed E-state index contributed by atoms with van der Waals surface area (Å²) in [7, 11) is 0. The number of benzene rings is 1. The minimum absolute atomic E-state index is 0.306. The fraction of sp³-hybridized carbons (Fsp3) is 0.348. The van der Waals surface area contributed by atoms with Crippen molar-refractivity contribution in [3.8, 4) is 11.3 Å². The molecule has 2 unspecified atom stereocenters. The third kappa shape index (κ3) is 4.71. The van der Waals surface area contributed by atoms with Crippen LogP contribution < -0.4 is 0 Å². The van der Waals surface area contributed by atoms with Crippen molar-refractivity contribution in [1.29, 1.82) is 0 Å². The Bertz CT molecular complexity index is 956. The van der Waals surface area contributed by atoms with Crippen LogP contribution in [-0.4, -0.2) is 43.8 Å². The van der Waals surface area contributed by atoms with Gasteiger partial charge in [0.1, 0.15) is 0 Å². The van der Waals surface area contributed by atoms with E-state index in [4.69, 9.17) is 5.10 Å². The number of rotatable bonds is 6. The first-order valence-electron chi connectivity index (χ1n) is 10.0. The third-order valence-electron chi connectivity index (χ3n) is 5.44. The van der Waals surface area contributed by atoms with Crippen molar-refractivity contribution >= 4 is 5.97 Å². The van der Waals surface area contributed by atoms with Crippen LogP contribution in [0.4, 0.5) is 0 Å². The predicted octanol–water partition coefficient (Wildman–Crippen LogP) is 3.54. The number of aromatic nitrogens is 3. The van der Waals surface area contributed by atoms with Crippen LogP contribution in [0.1, 0.15) is 24.5 Å². The highest BCUT2D eigenvalue weighted by Crippen LogP contribution is 2.27. The van der Waals surface area contributed by atoms with E-state index in [2.05, 4.69) is 35.1 Å². The van der Waals surface area contributed by atoms with Gasteiger partial charge in [-0.05, 0) is 30.0 Å². The molecule has 1 aliphatic heterocycles. The summed E-state index contributed by atoms with van der Waals surface area (Å²) in [6, 6.07) is 14.2. The van der Waals surface area contributed by atoms with Crippen LogP contribution >= 0.6 is 0 Å². The first kappa shape index (κ1) is 19.3. The van der Waals surface area contributed by atoms with Gasteiger partial charge < -0.3 is 5.11 Å². The molecule has 1 N–H and O–H groups in total. The molecule has 3 heterocycles. The molecular formula is C23H26N4O2. The lowest BCUT2D eigenvalue weighted by atomic mass is 9.90. The highest BCUT2D eigenvalue weighted by atomic mass is 16.4. The van der Waals surface area contributed by atoms with Gasteiger partial charge in [-0.15, -0.1) is 0 Å². The van der Waals surface area contributed by atoms with Gasteiger partial charge in [0.15, 0.2) is 0 Å². The molecule has 0 spiro atoms. The zero-order valence-electron chi connectivity index (χ0n) is 16.6. The lowest BCUT2D eigenvalue weighted by molar-refractivity contribution is -0.144. The summed E-state index contributed by atoms with van der Waals surface area (Å²) in [5, 5.41) is 14.3. The van der Waals surface area contributed by atoms with Crippen molar-refractivity contribution in [3.05, 3.63) is 72.2 Å². The van der Waals surface area contributed by atoms with Crippen molar-refractivity contribution in [1.82, 2.24) is 19.7 Å². The van der Waals surface area contributed by atoms with Crippen molar-refractivity contribution < 1.29 is 9.90 Å². The number of carbonyl (C=O) groups is 1. The second-order valence-corrected chi connectivity index (χ2v) is 8.00. The summed E-state index contributed by atoms with van der Waals surface area (Å²) in [6.07, 6.45) is 6.42. The molecule has 1 fully saturated rings. The molecule has 1 aromatic carbocycles. The van der Waals surface area contributed by atoms with Gasteiger partial charge in [-0.2, -0.15) is 5.10 Å². The highest BCUT2D eigenvalue weighted by Gasteiger charge is 2.30. The van der Waals surface area contributed by atoms with E-state index in [9.17, 15) is 9.90 Å². The summed E-state index contributed by atoms with van der Waals surface area (Å²) >= 11 is 0. The zero-order chi connectivity index (χ0) is 20.2. The second-order valence-electron chi connectivity index (χ2n) is 8.00. The Morgan fingerprint density at radius 2 is 1.97 bits per heavy atom. The smallest absolute Gasteiger partial charge is 0.307 e. The largest absolute Gasteiger partial charge is 0.481 e. The molecule has 0 aliphatic carbocycles. The summed E-state index contributed by atoms with van der Waals surface area (Å²) in [6.45, 7) is 4.99. The van der Waals surface area contributed by atoms with Crippen LogP contribution in [0.25, 0.3) is 11.3 Å². The SMILES string of the molecule is CC1CC(C(=O)O)CN(Cc2cn(Cc3ccccc3)nc2-c2cccnc2)C1. The first-order valence-corrected chi connectivity index (χ1v) is 10.0. The van der Waals surface area contributed by atoms with E-state index >= 15 is 0 Å². The molecule has 6 nitrogen and oxygen atoms in total. The normalized spacial score (nSPS) is 19.9.